The zero-order chi connectivity index (χ0) is 20.0. The second kappa shape index (κ2) is 13.6. The largest absolute Gasteiger partial charge is 0.444 e. The van der Waals surface area contributed by atoms with Crippen molar-refractivity contribution >= 4 is 6.09 Å². The molecular formula is C18H37FN4O3. The minimum Gasteiger partial charge on any atom is -0.444 e. The SMILES string of the molecule is C=C(N(CO)CCCCCNC(=O)OC(C)(C)C)N(CCC)CCNF. The van der Waals surface area contributed by atoms with E-state index in [1.54, 1.807) is 10.4 Å². The fraction of sp³-hybridized carbons (Fsp3) is 0.833. The van der Waals surface area contributed by atoms with Crippen molar-refractivity contribution in [2.45, 2.75) is 59.0 Å². The van der Waals surface area contributed by atoms with Gasteiger partial charge >= 0.3 is 6.09 Å². The van der Waals surface area contributed by atoms with Gasteiger partial charge in [0, 0.05) is 32.7 Å². The van der Waals surface area contributed by atoms with Crippen LogP contribution in [0.15, 0.2) is 12.4 Å². The fourth-order valence-electron chi connectivity index (χ4n) is 2.41. The van der Waals surface area contributed by atoms with Gasteiger partial charge < -0.3 is 25.0 Å². The molecular weight excluding hydrogens is 339 g/mol. The van der Waals surface area contributed by atoms with Crippen LogP contribution in [0.3, 0.4) is 0 Å². The van der Waals surface area contributed by atoms with E-state index in [4.69, 9.17) is 4.74 Å². The number of nitrogens with one attached hydrogen (secondary N) is 2. The summed E-state index contributed by atoms with van der Waals surface area (Å²) in [4.78, 5) is 15.3. The van der Waals surface area contributed by atoms with Crippen molar-refractivity contribution in [1.29, 1.82) is 0 Å². The van der Waals surface area contributed by atoms with E-state index in [2.05, 4.69) is 11.9 Å². The molecule has 0 saturated heterocycles. The quantitative estimate of drug-likeness (QED) is 0.246. The van der Waals surface area contributed by atoms with E-state index in [9.17, 15) is 14.4 Å². The van der Waals surface area contributed by atoms with Crippen LogP contribution in [0.2, 0.25) is 0 Å². The second-order valence-corrected chi connectivity index (χ2v) is 7.18. The highest BCUT2D eigenvalue weighted by atomic mass is 19.2. The Labute approximate surface area is 157 Å². The summed E-state index contributed by atoms with van der Waals surface area (Å²) >= 11 is 0. The van der Waals surface area contributed by atoms with Crippen molar-refractivity contribution in [2.24, 2.45) is 0 Å². The molecule has 0 bridgehead atoms. The van der Waals surface area contributed by atoms with Gasteiger partial charge in [0.25, 0.3) is 0 Å². The average molecular weight is 377 g/mol. The fourth-order valence-corrected chi connectivity index (χ4v) is 2.41. The van der Waals surface area contributed by atoms with Crippen molar-refractivity contribution in [3.05, 3.63) is 12.4 Å². The maximum absolute atomic E-state index is 12.2. The van der Waals surface area contributed by atoms with Gasteiger partial charge in [0.2, 0.25) is 0 Å². The van der Waals surface area contributed by atoms with Gasteiger partial charge in [0.1, 0.15) is 12.3 Å². The molecule has 0 rings (SSSR count). The Kier molecular flexibility index (Phi) is 12.8. The molecule has 7 nitrogen and oxygen atoms in total. The number of unbranched alkanes of at least 4 members (excludes halogenated alkanes) is 2. The Hall–Kier alpha value is -1.54. The number of ether oxygens (including phenoxy) is 1. The summed E-state index contributed by atoms with van der Waals surface area (Å²) in [5.41, 5.74) is 1.16. The first-order valence-electron chi connectivity index (χ1n) is 9.35. The van der Waals surface area contributed by atoms with Crippen molar-refractivity contribution in [3.8, 4) is 0 Å². The summed E-state index contributed by atoms with van der Waals surface area (Å²) < 4.78 is 17.4. The minimum atomic E-state index is -0.492. The van der Waals surface area contributed by atoms with Crippen molar-refractivity contribution in [2.75, 3.05) is 39.5 Å². The molecule has 0 heterocycles. The van der Waals surface area contributed by atoms with Crippen molar-refractivity contribution < 1.29 is 19.1 Å². The molecule has 0 aliphatic heterocycles. The predicted molar refractivity (Wildman–Crippen MR) is 102 cm³/mol. The third-order valence-corrected chi connectivity index (χ3v) is 3.64. The summed E-state index contributed by atoms with van der Waals surface area (Å²) in [6, 6.07) is 0. The number of aliphatic hydroxyl groups excluding tert-OH is 1. The van der Waals surface area contributed by atoms with E-state index < -0.39 is 11.7 Å². The lowest BCUT2D eigenvalue weighted by Crippen LogP contribution is -2.39. The van der Waals surface area contributed by atoms with Crippen LogP contribution in [0, 0.1) is 0 Å². The van der Waals surface area contributed by atoms with E-state index in [1.165, 1.54) is 0 Å². The molecule has 0 atom stereocenters. The molecule has 0 fully saturated rings. The van der Waals surface area contributed by atoms with E-state index >= 15 is 0 Å². The molecule has 26 heavy (non-hydrogen) atoms. The zero-order valence-corrected chi connectivity index (χ0v) is 16.8. The highest BCUT2D eigenvalue weighted by Gasteiger charge is 2.16. The summed E-state index contributed by atoms with van der Waals surface area (Å²) in [7, 11) is 0. The maximum atomic E-state index is 12.2. The van der Waals surface area contributed by atoms with E-state index in [1.807, 2.05) is 32.6 Å². The Morgan fingerprint density at radius 3 is 2.35 bits per heavy atom. The Morgan fingerprint density at radius 1 is 1.12 bits per heavy atom. The van der Waals surface area contributed by atoms with Gasteiger partial charge in [-0.15, -0.1) is 4.48 Å². The van der Waals surface area contributed by atoms with E-state index in [0.717, 1.165) is 32.2 Å². The summed E-state index contributed by atoms with van der Waals surface area (Å²) in [5.74, 6) is 0.705. The first-order valence-corrected chi connectivity index (χ1v) is 9.35. The van der Waals surface area contributed by atoms with Gasteiger partial charge in [0.15, 0.2) is 0 Å². The predicted octanol–water partition coefficient (Wildman–Crippen LogP) is 2.59. The average Bonchev–Trinajstić information content (AvgIpc) is 2.56. The third-order valence-electron chi connectivity index (χ3n) is 3.64. The molecule has 8 heteroatoms. The van der Waals surface area contributed by atoms with Crippen LogP contribution in [-0.2, 0) is 4.74 Å². The maximum Gasteiger partial charge on any atom is 0.407 e. The molecule has 3 N–H and O–H groups in total. The van der Waals surface area contributed by atoms with Crippen molar-refractivity contribution in [1.82, 2.24) is 20.7 Å². The summed E-state index contributed by atoms with van der Waals surface area (Å²) in [6.07, 6.45) is 3.10. The molecule has 0 radical (unpaired) electrons. The molecule has 0 aliphatic rings. The van der Waals surface area contributed by atoms with Crippen LogP contribution in [0.5, 0.6) is 0 Å². The number of alkyl carbamates (subject to hydrolysis) is 1. The summed E-state index contributed by atoms with van der Waals surface area (Å²) in [5, 5.41) is 12.3. The smallest absolute Gasteiger partial charge is 0.407 e. The molecule has 0 aromatic heterocycles. The first-order chi connectivity index (χ1) is 12.2. The Morgan fingerprint density at radius 2 is 1.81 bits per heavy atom. The number of rotatable bonds is 14. The zero-order valence-electron chi connectivity index (χ0n) is 16.8. The van der Waals surface area contributed by atoms with Gasteiger partial charge in [-0.25, -0.2) is 4.79 Å². The Bertz CT molecular complexity index is 402. The van der Waals surface area contributed by atoms with Crippen LogP contribution < -0.4 is 10.9 Å². The number of nitrogens with zero attached hydrogens (tertiary/aromatic N) is 2. The number of carbonyl (C=O) groups is 1. The molecule has 0 spiro atoms. The molecule has 0 aromatic rings. The number of carbonyl (C=O) groups excluding carboxylic acids is 1. The standard InChI is InChI=1S/C18H37FN4O3/c1-6-12-22(14-11-21-19)16(2)23(15-24)13-9-7-8-10-20-17(25)26-18(3,4)5/h21,24H,2,6-15H2,1,3-5H3,(H,20,25). The Balaban J connectivity index is 4.09. The van der Waals surface area contributed by atoms with E-state index in [0.29, 0.717) is 25.5 Å². The second-order valence-electron chi connectivity index (χ2n) is 7.18. The van der Waals surface area contributed by atoms with Crippen LogP contribution in [0.25, 0.3) is 0 Å². The highest BCUT2D eigenvalue weighted by molar-refractivity contribution is 5.67. The normalized spacial score (nSPS) is 11.2. The number of hydrogen-bond donors (Lipinski definition) is 3. The molecule has 1 amide bonds. The number of halogens is 1. The molecule has 0 aromatic carbocycles. The van der Waals surface area contributed by atoms with Gasteiger partial charge in [-0.1, -0.05) is 13.5 Å². The van der Waals surface area contributed by atoms with Gasteiger partial charge in [-0.05, 0) is 46.5 Å². The van der Waals surface area contributed by atoms with Crippen LogP contribution in [0.4, 0.5) is 9.28 Å². The van der Waals surface area contributed by atoms with E-state index in [-0.39, 0.29) is 13.3 Å². The number of aliphatic hydroxyl groups is 1. The first kappa shape index (κ1) is 24.5. The highest BCUT2D eigenvalue weighted by Crippen LogP contribution is 2.11. The molecule has 154 valence electrons. The van der Waals surface area contributed by atoms with Gasteiger partial charge in [0.05, 0.1) is 5.82 Å². The molecule has 0 saturated carbocycles. The molecule has 0 aliphatic carbocycles. The lowest BCUT2D eigenvalue weighted by molar-refractivity contribution is 0.0526. The number of hydrogen-bond acceptors (Lipinski definition) is 6. The van der Waals surface area contributed by atoms with Crippen LogP contribution in [-0.4, -0.2) is 66.1 Å². The summed E-state index contributed by atoms with van der Waals surface area (Å²) in [6.45, 7) is 14.1. The molecule has 0 unspecified atom stereocenters. The van der Waals surface area contributed by atoms with Gasteiger partial charge in [-0.3, -0.25) is 0 Å². The van der Waals surface area contributed by atoms with Crippen LogP contribution >= 0.6 is 0 Å². The topological polar surface area (TPSA) is 77.1 Å². The van der Waals surface area contributed by atoms with Gasteiger partial charge in [-0.2, -0.15) is 5.54 Å². The third kappa shape index (κ3) is 11.9. The lowest BCUT2D eigenvalue weighted by atomic mass is 10.2. The monoisotopic (exact) mass is 376 g/mol. The minimum absolute atomic E-state index is 0.127. The van der Waals surface area contributed by atoms with Crippen LogP contribution in [0.1, 0.15) is 53.4 Å². The van der Waals surface area contributed by atoms with Crippen molar-refractivity contribution in [3.63, 3.8) is 0 Å². The number of amides is 1. The lowest BCUT2D eigenvalue weighted by Gasteiger charge is -2.34.